The van der Waals surface area contributed by atoms with E-state index in [9.17, 15) is 4.79 Å². The number of rotatable bonds is 8. The Morgan fingerprint density at radius 2 is 1.72 bits per heavy atom. The summed E-state index contributed by atoms with van der Waals surface area (Å²) in [7, 11) is 0. The van der Waals surface area contributed by atoms with Crippen LogP contribution in [0.15, 0.2) is 18.2 Å². The molecular formula is C20H33N3O2. The van der Waals surface area contributed by atoms with Crippen LogP contribution in [0.2, 0.25) is 0 Å². The van der Waals surface area contributed by atoms with Crippen LogP contribution < -0.4 is 4.74 Å². The number of hydrogen-bond donors (Lipinski definition) is 0. The van der Waals surface area contributed by atoms with Gasteiger partial charge >= 0.3 is 0 Å². The van der Waals surface area contributed by atoms with E-state index in [-0.39, 0.29) is 5.91 Å². The van der Waals surface area contributed by atoms with Crippen molar-refractivity contribution in [2.75, 3.05) is 59.0 Å². The Hall–Kier alpha value is -1.59. The van der Waals surface area contributed by atoms with Gasteiger partial charge in [-0.05, 0) is 44.9 Å². The molecule has 1 aromatic rings. The lowest BCUT2D eigenvalue weighted by molar-refractivity contribution is -0.132. The maximum atomic E-state index is 12.2. The highest BCUT2D eigenvalue weighted by Crippen LogP contribution is 2.19. The lowest BCUT2D eigenvalue weighted by Crippen LogP contribution is -2.50. The van der Waals surface area contributed by atoms with Crippen molar-refractivity contribution in [3.05, 3.63) is 29.3 Å². The van der Waals surface area contributed by atoms with Gasteiger partial charge in [-0.1, -0.05) is 12.1 Å². The van der Waals surface area contributed by atoms with Crippen LogP contribution >= 0.6 is 0 Å². The molecule has 1 amide bonds. The molecule has 0 spiro atoms. The normalized spacial score (nSPS) is 16.0. The minimum atomic E-state index is 0.247. The summed E-state index contributed by atoms with van der Waals surface area (Å²) < 4.78 is 5.96. The van der Waals surface area contributed by atoms with Crippen LogP contribution in [0.1, 0.15) is 25.0 Å². The Balaban J connectivity index is 1.68. The second-order valence-corrected chi connectivity index (χ2v) is 6.80. The lowest BCUT2D eigenvalue weighted by atomic mass is 10.1. The summed E-state index contributed by atoms with van der Waals surface area (Å²) >= 11 is 0. The zero-order chi connectivity index (χ0) is 18.2. The molecule has 1 heterocycles. The molecule has 1 aliphatic rings. The molecule has 0 saturated carbocycles. The number of benzene rings is 1. The van der Waals surface area contributed by atoms with Gasteiger partial charge in [0.15, 0.2) is 0 Å². The molecule has 5 heteroatoms. The van der Waals surface area contributed by atoms with E-state index in [0.717, 1.165) is 51.6 Å². The van der Waals surface area contributed by atoms with Gasteiger partial charge in [-0.15, -0.1) is 0 Å². The molecule has 0 atom stereocenters. The highest BCUT2D eigenvalue weighted by atomic mass is 16.5. The molecule has 0 N–H and O–H groups in total. The molecule has 0 bridgehead atoms. The van der Waals surface area contributed by atoms with Gasteiger partial charge in [0.25, 0.3) is 0 Å². The van der Waals surface area contributed by atoms with Gasteiger partial charge in [-0.2, -0.15) is 0 Å². The number of nitrogens with zero attached hydrogens (tertiary/aromatic N) is 3. The summed E-state index contributed by atoms with van der Waals surface area (Å²) in [6, 6.07) is 6.32. The lowest BCUT2D eigenvalue weighted by Gasteiger charge is -2.35. The molecule has 2 rings (SSSR count). The van der Waals surface area contributed by atoms with Crippen LogP contribution in [0.4, 0.5) is 0 Å². The third-order valence-corrected chi connectivity index (χ3v) is 4.95. The van der Waals surface area contributed by atoms with E-state index in [1.807, 2.05) is 18.7 Å². The zero-order valence-corrected chi connectivity index (χ0v) is 16.3. The smallest absolute Gasteiger partial charge is 0.236 e. The first-order valence-electron chi connectivity index (χ1n) is 9.46. The summed E-state index contributed by atoms with van der Waals surface area (Å²) in [5.41, 5.74) is 2.41. The van der Waals surface area contributed by atoms with E-state index in [4.69, 9.17) is 4.74 Å². The Kier molecular flexibility index (Phi) is 7.72. The molecule has 1 aromatic carbocycles. The van der Waals surface area contributed by atoms with Gasteiger partial charge in [-0.3, -0.25) is 14.6 Å². The highest BCUT2D eigenvalue weighted by molar-refractivity contribution is 5.78. The second-order valence-electron chi connectivity index (χ2n) is 6.80. The molecule has 0 radical (unpaired) electrons. The van der Waals surface area contributed by atoms with Gasteiger partial charge in [0, 0.05) is 45.8 Å². The Morgan fingerprint density at radius 1 is 1.08 bits per heavy atom. The number of carbonyl (C=O) groups is 1. The molecule has 0 aromatic heterocycles. The standard InChI is InChI=1S/C20H33N3O2/c1-5-23(6-2)20(24)16-22-11-9-21(10-12-22)13-14-25-19-15-17(3)7-8-18(19)4/h7-8,15H,5-6,9-14,16H2,1-4H3. The molecular weight excluding hydrogens is 314 g/mol. The van der Waals surface area contributed by atoms with E-state index in [2.05, 4.69) is 41.8 Å². The largest absolute Gasteiger partial charge is 0.492 e. The third-order valence-electron chi connectivity index (χ3n) is 4.95. The van der Waals surface area contributed by atoms with Crippen molar-refractivity contribution < 1.29 is 9.53 Å². The van der Waals surface area contributed by atoms with Crippen molar-refractivity contribution in [3.8, 4) is 5.75 Å². The van der Waals surface area contributed by atoms with E-state index in [1.54, 1.807) is 0 Å². The van der Waals surface area contributed by atoms with Crippen LogP contribution in [-0.4, -0.2) is 79.6 Å². The maximum Gasteiger partial charge on any atom is 0.236 e. The number of piperazine rings is 1. The Labute approximate surface area is 152 Å². The average Bonchev–Trinajstić information content (AvgIpc) is 2.60. The van der Waals surface area contributed by atoms with Crippen molar-refractivity contribution in [1.82, 2.24) is 14.7 Å². The number of hydrogen-bond acceptors (Lipinski definition) is 4. The van der Waals surface area contributed by atoms with Crippen LogP contribution in [0, 0.1) is 13.8 Å². The molecule has 0 aliphatic carbocycles. The average molecular weight is 348 g/mol. The predicted molar refractivity (Wildman–Crippen MR) is 102 cm³/mol. The molecule has 1 saturated heterocycles. The van der Waals surface area contributed by atoms with E-state index >= 15 is 0 Å². The molecule has 140 valence electrons. The SMILES string of the molecule is CCN(CC)C(=O)CN1CCN(CCOc2cc(C)ccc2C)CC1. The van der Waals surface area contributed by atoms with Crippen LogP contribution in [0.3, 0.4) is 0 Å². The summed E-state index contributed by atoms with van der Waals surface area (Å²) in [5, 5.41) is 0. The number of aryl methyl sites for hydroxylation is 2. The first-order chi connectivity index (χ1) is 12.0. The molecule has 1 aliphatic heterocycles. The monoisotopic (exact) mass is 347 g/mol. The number of ether oxygens (including phenoxy) is 1. The predicted octanol–water partition coefficient (Wildman–Crippen LogP) is 2.17. The van der Waals surface area contributed by atoms with Gasteiger partial charge in [0.05, 0.1) is 6.54 Å². The van der Waals surface area contributed by atoms with E-state index < -0.39 is 0 Å². The summed E-state index contributed by atoms with van der Waals surface area (Å²) in [6.07, 6.45) is 0. The molecule has 1 fully saturated rings. The Morgan fingerprint density at radius 3 is 2.36 bits per heavy atom. The third kappa shape index (κ3) is 6.01. The topological polar surface area (TPSA) is 36.0 Å². The van der Waals surface area contributed by atoms with Crippen molar-refractivity contribution in [3.63, 3.8) is 0 Å². The zero-order valence-electron chi connectivity index (χ0n) is 16.3. The maximum absolute atomic E-state index is 12.2. The van der Waals surface area contributed by atoms with Crippen molar-refractivity contribution in [2.24, 2.45) is 0 Å². The molecule has 25 heavy (non-hydrogen) atoms. The van der Waals surface area contributed by atoms with E-state index in [1.165, 1.54) is 11.1 Å². The number of carbonyl (C=O) groups excluding carboxylic acids is 1. The molecule has 0 unspecified atom stereocenters. The van der Waals surface area contributed by atoms with Crippen molar-refractivity contribution >= 4 is 5.91 Å². The van der Waals surface area contributed by atoms with Crippen LogP contribution in [-0.2, 0) is 4.79 Å². The number of amides is 1. The van der Waals surface area contributed by atoms with Crippen LogP contribution in [0.5, 0.6) is 5.75 Å². The first-order valence-corrected chi connectivity index (χ1v) is 9.46. The van der Waals surface area contributed by atoms with Crippen molar-refractivity contribution in [1.29, 1.82) is 0 Å². The van der Waals surface area contributed by atoms with Crippen LogP contribution in [0.25, 0.3) is 0 Å². The fraction of sp³-hybridized carbons (Fsp3) is 0.650. The molecule has 5 nitrogen and oxygen atoms in total. The van der Waals surface area contributed by atoms with Gasteiger partial charge in [0.2, 0.25) is 5.91 Å². The first kappa shape index (κ1) is 19.7. The minimum absolute atomic E-state index is 0.247. The van der Waals surface area contributed by atoms with Gasteiger partial charge in [0.1, 0.15) is 12.4 Å². The summed E-state index contributed by atoms with van der Waals surface area (Å²) in [6.45, 7) is 15.9. The second kappa shape index (κ2) is 9.78. The van der Waals surface area contributed by atoms with Gasteiger partial charge in [-0.25, -0.2) is 0 Å². The fourth-order valence-electron chi connectivity index (χ4n) is 3.19. The van der Waals surface area contributed by atoms with E-state index in [0.29, 0.717) is 13.2 Å². The highest BCUT2D eigenvalue weighted by Gasteiger charge is 2.20. The quantitative estimate of drug-likeness (QED) is 0.722. The summed E-state index contributed by atoms with van der Waals surface area (Å²) in [5.74, 6) is 1.24. The Bertz CT molecular complexity index is 550. The fourth-order valence-corrected chi connectivity index (χ4v) is 3.19. The minimum Gasteiger partial charge on any atom is -0.492 e. The summed E-state index contributed by atoms with van der Waals surface area (Å²) in [4.78, 5) is 18.8. The van der Waals surface area contributed by atoms with Crippen molar-refractivity contribution in [2.45, 2.75) is 27.7 Å². The van der Waals surface area contributed by atoms with Gasteiger partial charge < -0.3 is 9.64 Å². The number of likely N-dealkylation sites (N-methyl/N-ethyl adjacent to an activating group) is 1.